The Kier molecular flexibility index (Phi) is 2.62. The van der Waals surface area contributed by atoms with Crippen molar-refractivity contribution in [2.24, 2.45) is 17.3 Å². The van der Waals surface area contributed by atoms with Crippen LogP contribution in [0, 0.1) is 17.3 Å². The Bertz CT molecular complexity index is 347. The van der Waals surface area contributed by atoms with Crippen molar-refractivity contribution >= 4 is 11.8 Å². The number of nitrogens with zero attached hydrogens (tertiary/aromatic N) is 1. The van der Waals surface area contributed by atoms with Gasteiger partial charge in [-0.15, -0.1) is 0 Å². The van der Waals surface area contributed by atoms with Gasteiger partial charge in [0.1, 0.15) is 0 Å². The third-order valence-electron chi connectivity index (χ3n) is 4.66. The van der Waals surface area contributed by atoms with E-state index in [-0.39, 0.29) is 35.6 Å². The molecular formula is C13H21NO3. The van der Waals surface area contributed by atoms with E-state index in [0.717, 1.165) is 0 Å². The Labute approximate surface area is 102 Å². The predicted octanol–water partition coefficient (Wildman–Crippen LogP) is 1.18. The van der Waals surface area contributed by atoms with E-state index in [1.54, 1.807) is 0 Å². The summed E-state index contributed by atoms with van der Waals surface area (Å²) < 4.78 is 0. The number of carbonyl (C=O) groups excluding carboxylic acids is 2. The highest BCUT2D eigenvalue weighted by atomic mass is 16.3. The van der Waals surface area contributed by atoms with Crippen molar-refractivity contribution < 1.29 is 14.7 Å². The number of β-amino-alcohol motifs (C(OH)–C–C–N with tert-alkyl or cyclic N) is 1. The summed E-state index contributed by atoms with van der Waals surface area (Å²) in [6.07, 6.45) is 1.11. The van der Waals surface area contributed by atoms with Crippen LogP contribution in [0.4, 0.5) is 0 Å². The second-order valence-electron chi connectivity index (χ2n) is 5.97. The number of piperidine rings is 1. The standard InChI is InChI=1S/C13H21NO3/c1-5-13(17,6-2)7-14-10(15)8-9(11(14)16)12(8,3)4/h8-9,17H,5-7H2,1-4H3. The summed E-state index contributed by atoms with van der Waals surface area (Å²) in [4.78, 5) is 25.4. The fourth-order valence-electron chi connectivity index (χ4n) is 2.93. The minimum atomic E-state index is -0.924. The van der Waals surface area contributed by atoms with Crippen molar-refractivity contribution in [1.29, 1.82) is 0 Å². The normalized spacial score (nSPS) is 30.8. The van der Waals surface area contributed by atoms with E-state index in [1.165, 1.54) is 4.90 Å². The number of aliphatic hydroxyl groups is 1. The van der Waals surface area contributed by atoms with Gasteiger partial charge in [0, 0.05) is 0 Å². The lowest BCUT2D eigenvalue weighted by Gasteiger charge is -2.31. The van der Waals surface area contributed by atoms with Gasteiger partial charge in [0.2, 0.25) is 11.8 Å². The van der Waals surface area contributed by atoms with Gasteiger partial charge in [-0.2, -0.15) is 0 Å². The lowest BCUT2D eigenvalue weighted by atomic mass is 9.96. The molecule has 0 spiro atoms. The van der Waals surface area contributed by atoms with Gasteiger partial charge in [-0.1, -0.05) is 27.7 Å². The molecule has 2 unspecified atom stereocenters. The molecule has 0 aromatic carbocycles. The predicted molar refractivity (Wildman–Crippen MR) is 63.0 cm³/mol. The molecular weight excluding hydrogens is 218 g/mol. The maximum atomic E-state index is 12.1. The summed E-state index contributed by atoms with van der Waals surface area (Å²) in [5, 5.41) is 10.2. The van der Waals surface area contributed by atoms with Crippen LogP contribution < -0.4 is 0 Å². The average molecular weight is 239 g/mol. The van der Waals surface area contributed by atoms with Gasteiger partial charge in [0.15, 0.2) is 0 Å². The zero-order valence-electron chi connectivity index (χ0n) is 11.0. The molecule has 1 N–H and O–H groups in total. The Morgan fingerprint density at radius 3 is 1.94 bits per heavy atom. The number of imide groups is 1. The summed E-state index contributed by atoms with van der Waals surface area (Å²) in [5.74, 6) is -0.475. The second kappa shape index (κ2) is 3.55. The van der Waals surface area contributed by atoms with Crippen LogP contribution in [0.25, 0.3) is 0 Å². The molecule has 4 heteroatoms. The average Bonchev–Trinajstić information content (AvgIpc) is 2.76. The van der Waals surface area contributed by atoms with Gasteiger partial charge in [-0.25, -0.2) is 0 Å². The number of carbonyl (C=O) groups is 2. The van der Waals surface area contributed by atoms with E-state index in [0.29, 0.717) is 12.8 Å². The summed E-state index contributed by atoms with van der Waals surface area (Å²) in [6, 6.07) is 0. The second-order valence-corrected chi connectivity index (χ2v) is 5.97. The van der Waals surface area contributed by atoms with Crippen LogP contribution in [0.15, 0.2) is 0 Å². The summed E-state index contributed by atoms with van der Waals surface area (Å²) in [7, 11) is 0. The quantitative estimate of drug-likeness (QED) is 0.749. The smallest absolute Gasteiger partial charge is 0.233 e. The van der Waals surface area contributed by atoms with Gasteiger partial charge >= 0.3 is 0 Å². The molecule has 2 aliphatic rings. The van der Waals surface area contributed by atoms with E-state index >= 15 is 0 Å². The third kappa shape index (κ3) is 1.61. The highest BCUT2D eigenvalue weighted by Gasteiger charge is 2.72. The molecule has 17 heavy (non-hydrogen) atoms. The van der Waals surface area contributed by atoms with Gasteiger partial charge in [0.05, 0.1) is 24.0 Å². The number of fused-ring (bicyclic) bond motifs is 1. The largest absolute Gasteiger partial charge is 0.388 e. The first kappa shape index (κ1) is 12.6. The molecule has 2 rings (SSSR count). The fraction of sp³-hybridized carbons (Fsp3) is 0.846. The minimum absolute atomic E-state index is 0.0923. The molecule has 96 valence electrons. The van der Waals surface area contributed by atoms with Crippen LogP contribution in [0.5, 0.6) is 0 Å². The summed E-state index contributed by atoms with van der Waals surface area (Å²) in [5.41, 5.74) is -1.09. The van der Waals surface area contributed by atoms with Gasteiger partial charge in [-0.05, 0) is 18.3 Å². The summed E-state index contributed by atoms with van der Waals surface area (Å²) in [6.45, 7) is 7.82. The van der Waals surface area contributed by atoms with Crippen LogP contribution in [-0.4, -0.2) is 34.0 Å². The molecule has 1 aliphatic heterocycles. The van der Waals surface area contributed by atoms with E-state index in [1.807, 2.05) is 27.7 Å². The first-order valence-corrected chi connectivity index (χ1v) is 6.36. The first-order valence-electron chi connectivity index (χ1n) is 6.36. The molecule has 0 bridgehead atoms. The van der Waals surface area contributed by atoms with E-state index in [4.69, 9.17) is 0 Å². The van der Waals surface area contributed by atoms with Crippen LogP contribution in [0.2, 0.25) is 0 Å². The van der Waals surface area contributed by atoms with Crippen molar-refractivity contribution in [3.8, 4) is 0 Å². The highest BCUT2D eigenvalue weighted by Crippen LogP contribution is 2.63. The number of hydrogen-bond donors (Lipinski definition) is 1. The molecule has 1 aliphatic carbocycles. The zero-order valence-corrected chi connectivity index (χ0v) is 11.0. The Balaban J connectivity index is 2.12. The fourth-order valence-corrected chi connectivity index (χ4v) is 2.93. The third-order valence-corrected chi connectivity index (χ3v) is 4.66. The van der Waals surface area contributed by atoms with E-state index < -0.39 is 5.60 Å². The number of rotatable bonds is 4. The number of hydrogen-bond acceptors (Lipinski definition) is 3. The highest BCUT2D eigenvalue weighted by molar-refractivity contribution is 6.10. The molecule has 1 heterocycles. The van der Waals surface area contributed by atoms with Crippen molar-refractivity contribution in [3.63, 3.8) is 0 Å². The molecule has 2 atom stereocenters. The van der Waals surface area contributed by atoms with E-state index in [9.17, 15) is 14.7 Å². The molecule has 2 fully saturated rings. The van der Waals surface area contributed by atoms with Gasteiger partial charge < -0.3 is 5.11 Å². The summed E-state index contributed by atoms with van der Waals surface area (Å²) >= 11 is 0. The van der Waals surface area contributed by atoms with Crippen LogP contribution in [0.3, 0.4) is 0 Å². The molecule has 2 amide bonds. The monoisotopic (exact) mass is 239 g/mol. The minimum Gasteiger partial charge on any atom is -0.388 e. The number of likely N-dealkylation sites (tertiary alicyclic amines) is 1. The van der Waals surface area contributed by atoms with Crippen molar-refractivity contribution in [2.75, 3.05) is 6.54 Å². The lowest BCUT2D eigenvalue weighted by molar-refractivity contribution is -0.147. The molecule has 1 saturated heterocycles. The van der Waals surface area contributed by atoms with Crippen LogP contribution in [0.1, 0.15) is 40.5 Å². The maximum Gasteiger partial charge on any atom is 0.233 e. The van der Waals surface area contributed by atoms with Crippen molar-refractivity contribution in [2.45, 2.75) is 46.1 Å². The Hall–Kier alpha value is -0.900. The molecule has 0 aromatic rings. The van der Waals surface area contributed by atoms with Gasteiger partial charge in [-0.3, -0.25) is 14.5 Å². The van der Waals surface area contributed by atoms with Crippen molar-refractivity contribution in [3.05, 3.63) is 0 Å². The van der Waals surface area contributed by atoms with Crippen LogP contribution in [-0.2, 0) is 9.59 Å². The SMILES string of the molecule is CCC(O)(CC)CN1C(=O)C2C(C1=O)C2(C)C. The van der Waals surface area contributed by atoms with Crippen molar-refractivity contribution in [1.82, 2.24) is 4.90 Å². The Morgan fingerprint density at radius 1 is 1.18 bits per heavy atom. The van der Waals surface area contributed by atoms with Gasteiger partial charge in [0.25, 0.3) is 0 Å². The first-order chi connectivity index (χ1) is 7.78. The zero-order chi connectivity index (χ0) is 13.0. The topological polar surface area (TPSA) is 57.6 Å². The Morgan fingerprint density at radius 2 is 1.59 bits per heavy atom. The molecule has 1 saturated carbocycles. The number of amides is 2. The molecule has 4 nitrogen and oxygen atoms in total. The van der Waals surface area contributed by atoms with E-state index in [2.05, 4.69) is 0 Å². The molecule has 0 radical (unpaired) electrons. The molecule has 0 aromatic heterocycles. The van der Waals surface area contributed by atoms with Crippen LogP contribution >= 0.6 is 0 Å². The lowest BCUT2D eigenvalue weighted by Crippen LogP contribution is -2.47. The maximum absolute atomic E-state index is 12.1.